The van der Waals surface area contributed by atoms with Crippen molar-refractivity contribution in [3.63, 3.8) is 0 Å². The zero-order valence-corrected chi connectivity index (χ0v) is 11.5. The van der Waals surface area contributed by atoms with Crippen LogP contribution in [0, 0.1) is 5.82 Å². The summed E-state index contributed by atoms with van der Waals surface area (Å²) in [6.45, 7) is -1.29. The number of amides is 1. The van der Waals surface area contributed by atoms with Crippen molar-refractivity contribution >= 4 is 33.5 Å². The second-order valence-corrected chi connectivity index (χ2v) is 5.71. The molecule has 0 bridgehead atoms. The Bertz CT molecular complexity index is 635. The third-order valence-corrected chi connectivity index (χ3v) is 3.93. The standard InChI is InChI=1S/C10H10ClFN2O5S/c11-7-3-6(12)1-2-8(7)20(18,19)14-4-9(15)13-5-10(16)17/h1-3,14H,4-5H2,(H,13,15)(H,16,17). The fourth-order valence-corrected chi connectivity index (χ4v) is 2.68. The Hall–Kier alpha value is -1.71. The van der Waals surface area contributed by atoms with E-state index in [1.165, 1.54) is 0 Å². The van der Waals surface area contributed by atoms with Crippen LogP contribution in [0.5, 0.6) is 0 Å². The average molecular weight is 325 g/mol. The van der Waals surface area contributed by atoms with E-state index in [9.17, 15) is 22.4 Å². The van der Waals surface area contributed by atoms with Gasteiger partial charge in [0.05, 0.1) is 11.6 Å². The number of aliphatic carboxylic acids is 1. The maximum absolute atomic E-state index is 12.8. The molecule has 0 radical (unpaired) electrons. The topological polar surface area (TPSA) is 113 Å². The minimum atomic E-state index is -4.10. The molecule has 10 heteroatoms. The van der Waals surface area contributed by atoms with Crippen LogP contribution in [-0.2, 0) is 19.6 Å². The molecule has 0 saturated heterocycles. The molecule has 0 aliphatic heterocycles. The molecule has 0 atom stereocenters. The Labute approximate surface area is 118 Å². The molecular weight excluding hydrogens is 315 g/mol. The molecular formula is C10H10ClFN2O5S. The summed E-state index contributed by atoms with van der Waals surface area (Å²) < 4.78 is 38.3. The van der Waals surface area contributed by atoms with Gasteiger partial charge in [0.1, 0.15) is 17.3 Å². The van der Waals surface area contributed by atoms with Crippen LogP contribution in [0.2, 0.25) is 5.02 Å². The van der Waals surface area contributed by atoms with Crippen LogP contribution in [0.1, 0.15) is 0 Å². The first-order valence-corrected chi connectivity index (χ1v) is 7.01. The van der Waals surface area contributed by atoms with Gasteiger partial charge < -0.3 is 10.4 Å². The van der Waals surface area contributed by atoms with Crippen molar-refractivity contribution in [2.45, 2.75) is 4.90 Å². The van der Waals surface area contributed by atoms with Crippen LogP contribution in [0.3, 0.4) is 0 Å². The lowest BCUT2D eigenvalue weighted by Gasteiger charge is -2.08. The second-order valence-electron chi connectivity index (χ2n) is 3.57. The van der Waals surface area contributed by atoms with Gasteiger partial charge in [0.25, 0.3) is 0 Å². The minimum absolute atomic E-state index is 0.330. The number of benzene rings is 1. The summed E-state index contributed by atoms with van der Waals surface area (Å²) in [6, 6.07) is 2.68. The molecule has 0 unspecified atom stereocenters. The third kappa shape index (κ3) is 4.76. The van der Waals surface area contributed by atoms with Crippen LogP contribution in [0.25, 0.3) is 0 Å². The summed E-state index contributed by atoms with van der Waals surface area (Å²) in [5, 5.41) is 9.97. The van der Waals surface area contributed by atoms with Crippen molar-refractivity contribution in [2.75, 3.05) is 13.1 Å². The average Bonchev–Trinajstić information content (AvgIpc) is 2.33. The largest absolute Gasteiger partial charge is 0.480 e. The Morgan fingerprint density at radius 1 is 1.30 bits per heavy atom. The first-order valence-electron chi connectivity index (χ1n) is 5.15. The SMILES string of the molecule is O=C(O)CNC(=O)CNS(=O)(=O)c1ccc(F)cc1Cl. The number of nitrogens with one attached hydrogen (secondary N) is 2. The summed E-state index contributed by atoms with van der Waals surface area (Å²) in [4.78, 5) is 21.0. The molecule has 3 N–H and O–H groups in total. The number of hydrogen-bond donors (Lipinski definition) is 3. The Morgan fingerprint density at radius 3 is 2.50 bits per heavy atom. The van der Waals surface area contributed by atoms with E-state index in [0.29, 0.717) is 0 Å². The van der Waals surface area contributed by atoms with Gasteiger partial charge in [0.2, 0.25) is 15.9 Å². The van der Waals surface area contributed by atoms with Crippen molar-refractivity contribution in [2.24, 2.45) is 0 Å². The lowest BCUT2D eigenvalue weighted by atomic mass is 10.3. The molecule has 0 fully saturated rings. The molecule has 0 saturated carbocycles. The molecule has 0 spiro atoms. The van der Waals surface area contributed by atoms with Gasteiger partial charge in [-0.1, -0.05) is 11.6 Å². The molecule has 7 nitrogen and oxygen atoms in total. The fraction of sp³-hybridized carbons (Fsp3) is 0.200. The fourth-order valence-electron chi connectivity index (χ4n) is 1.17. The highest BCUT2D eigenvalue weighted by molar-refractivity contribution is 7.89. The van der Waals surface area contributed by atoms with Gasteiger partial charge in [0.15, 0.2) is 0 Å². The smallest absolute Gasteiger partial charge is 0.322 e. The summed E-state index contributed by atoms with van der Waals surface area (Å²) in [7, 11) is -4.10. The predicted octanol–water partition coefficient (Wildman–Crippen LogP) is -0.0418. The van der Waals surface area contributed by atoms with Gasteiger partial charge in [-0.25, -0.2) is 17.5 Å². The lowest BCUT2D eigenvalue weighted by molar-refractivity contribution is -0.137. The van der Waals surface area contributed by atoms with E-state index in [1.54, 1.807) is 0 Å². The number of rotatable bonds is 6. The molecule has 0 heterocycles. The number of carbonyl (C=O) groups is 2. The van der Waals surface area contributed by atoms with E-state index in [0.717, 1.165) is 18.2 Å². The Morgan fingerprint density at radius 2 is 1.95 bits per heavy atom. The van der Waals surface area contributed by atoms with Gasteiger partial charge in [0, 0.05) is 0 Å². The van der Waals surface area contributed by atoms with Crippen LogP contribution < -0.4 is 10.0 Å². The molecule has 110 valence electrons. The highest BCUT2D eigenvalue weighted by Crippen LogP contribution is 2.21. The quantitative estimate of drug-likeness (QED) is 0.679. The third-order valence-electron chi connectivity index (χ3n) is 2.04. The Kier molecular flexibility index (Phi) is 5.43. The van der Waals surface area contributed by atoms with Crippen molar-refractivity contribution in [1.82, 2.24) is 10.0 Å². The number of hydrogen-bond acceptors (Lipinski definition) is 4. The summed E-state index contributed by atoms with van der Waals surface area (Å²) in [5.74, 6) is -2.79. The number of carbonyl (C=O) groups excluding carboxylic acids is 1. The van der Waals surface area contributed by atoms with Crippen molar-refractivity contribution in [3.8, 4) is 0 Å². The lowest BCUT2D eigenvalue weighted by Crippen LogP contribution is -2.39. The van der Waals surface area contributed by atoms with Gasteiger partial charge in [-0.3, -0.25) is 9.59 Å². The van der Waals surface area contributed by atoms with Crippen LogP contribution in [-0.4, -0.2) is 38.5 Å². The van der Waals surface area contributed by atoms with E-state index in [1.807, 2.05) is 10.0 Å². The summed E-state index contributed by atoms with van der Waals surface area (Å²) in [6.07, 6.45) is 0. The van der Waals surface area contributed by atoms with Gasteiger partial charge in [-0.05, 0) is 18.2 Å². The summed E-state index contributed by atoms with van der Waals surface area (Å²) >= 11 is 5.59. The van der Waals surface area contributed by atoms with Gasteiger partial charge in [-0.15, -0.1) is 0 Å². The van der Waals surface area contributed by atoms with Crippen molar-refractivity contribution in [1.29, 1.82) is 0 Å². The number of carboxylic acids is 1. The molecule has 0 aliphatic rings. The normalized spacial score (nSPS) is 11.1. The van der Waals surface area contributed by atoms with E-state index in [-0.39, 0.29) is 9.92 Å². The van der Waals surface area contributed by atoms with Gasteiger partial charge >= 0.3 is 5.97 Å². The zero-order valence-electron chi connectivity index (χ0n) is 9.89. The van der Waals surface area contributed by atoms with Gasteiger partial charge in [-0.2, -0.15) is 0 Å². The molecule has 0 aromatic heterocycles. The molecule has 1 aromatic rings. The molecule has 1 aromatic carbocycles. The van der Waals surface area contributed by atoms with E-state index in [2.05, 4.69) is 0 Å². The zero-order chi connectivity index (χ0) is 15.3. The van der Waals surface area contributed by atoms with E-state index >= 15 is 0 Å². The van der Waals surface area contributed by atoms with E-state index < -0.39 is 40.8 Å². The first kappa shape index (κ1) is 16.3. The Balaban J connectivity index is 2.71. The van der Waals surface area contributed by atoms with Crippen LogP contribution in [0.4, 0.5) is 4.39 Å². The number of carboxylic acid groups (broad SMARTS) is 1. The minimum Gasteiger partial charge on any atom is -0.480 e. The van der Waals surface area contributed by atoms with Crippen LogP contribution in [0.15, 0.2) is 23.1 Å². The van der Waals surface area contributed by atoms with E-state index in [4.69, 9.17) is 16.7 Å². The molecule has 1 amide bonds. The number of sulfonamides is 1. The molecule has 1 rings (SSSR count). The second kappa shape index (κ2) is 6.64. The van der Waals surface area contributed by atoms with Crippen LogP contribution >= 0.6 is 11.6 Å². The predicted molar refractivity (Wildman–Crippen MR) is 67.2 cm³/mol. The molecule has 0 aliphatic carbocycles. The summed E-state index contributed by atoms with van der Waals surface area (Å²) in [5.41, 5.74) is 0. The monoisotopic (exact) mass is 324 g/mol. The maximum atomic E-state index is 12.8. The first-order chi connectivity index (χ1) is 9.22. The maximum Gasteiger partial charge on any atom is 0.322 e. The highest BCUT2D eigenvalue weighted by Gasteiger charge is 2.19. The highest BCUT2D eigenvalue weighted by atomic mass is 35.5. The number of halogens is 2. The molecule has 20 heavy (non-hydrogen) atoms. The van der Waals surface area contributed by atoms with Crippen molar-refractivity contribution in [3.05, 3.63) is 29.0 Å². The van der Waals surface area contributed by atoms with Crippen molar-refractivity contribution < 1.29 is 27.5 Å².